The molecule has 1 heterocycles. The summed E-state index contributed by atoms with van der Waals surface area (Å²) >= 11 is 0. The van der Waals surface area contributed by atoms with Gasteiger partial charge in [0.15, 0.2) is 0 Å². The Balaban J connectivity index is 2.58. The third-order valence-corrected chi connectivity index (χ3v) is 2.80. The molecule has 0 radical (unpaired) electrons. The second-order valence-electron chi connectivity index (χ2n) is 5.31. The Hall–Kier alpha value is -0.120. The number of nitrogens with zero attached hydrogens (tertiary/aromatic N) is 1. The van der Waals surface area contributed by atoms with Crippen LogP contribution >= 0.6 is 0 Å². The van der Waals surface area contributed by atoms with Crippen molar-refractivity contribution in [1.29, 1.82) is 0 Å². The molecule has 2 N–H and O–H groups in total. The molecule has 3 heteroatoms. The van der Waals surface area contributed by atoms with Crippen molar-refractivity contribution in [2.75, 3.05) is 13.1 Å². The van der Waals surface area contributed by atoms with Crippen LogP contribution in [0.25, 0.3) is 0 Å². The molecule has 1 aliphatic heterocycles. The maximum atomic E-state index is 6.04. The smallest absolute Gasteiger partial charge is 0.0703 e. The SMILES string of the molecule is CC1CN(CC(C)(C)N)C(C)C(C)O1. The van der Waals surface area contributed by atoms with E-state index in [0.717, 1.165) is 13.1 Å². The van der Waals surface area contributed by atoms with E-state index >= 15 is 0 Å². The predicted octanol–water partition coefficient (Wildman–Crippen LogP) is 1.22. The molecule has 0 aromatic carbocycles. The van der Waals surface area contributed by atoms with E-state index in [4.69, 9.17) is 10.5 Å². The molecule has 0 aliphatic carbocycles. The average Bonchev–Trinajstić information content (AvgIpc) is 1.96. The van der Waals surface area contributed by atoms with Crippen LogP contribution in [0, 0.1) is 0 Å². The molecule has 0 bridgehead atoms. The minimum atomic E-state index is -0.120. The number of hydrogen-bond acceptors (Lipinski definition) is 3. The van der Waals surface area contributed by atoms with Crippen LogP contribution in [-0.4, -0.2) is 41.8 Å². The third kappa shape index (κ3) is 3.23. The summed E-state index contributed by atoms with van der Waals surface area (Å²) in [6.07, 6.45) is 0.629. The zero-order valence-electron chi connectivity index (χ0n) is 10.1. The summed E-state index contributed by atoms with van der Waals surface area (Å²) in [6.45, 7) is 12.5. The van der Waals surface area contributed by atoms with E-state index < -0.39 is 0 Å². The third-order valence-electron chi connectivity index (χ3n) is 2.80. The van der Waals surface area contributed by atoms with Crippen molar-refractivity contribution in [1.82, 2.24) is 4.90 Å². The Kier molecular flexibility index (Phi) is 3.56. The van der Waals surface area contributed by atoms with Crippen molar-refractivity contribution in [3.8, 4) is 0 Å². The van der Waals surface area contributed by atoms with Crippen LogP contribution < -0.4 is 5.73 Å². The first kappa shape index (κ1) is 12.0. The van der Waals surface area contributed by atoms with Crippen LogP contribution in [0.3, 0.4) is 0 Å². The minimum absolute atomic E-state index is 0.120. The molecule has 1 aliphatic rings. The highest BCUT2D eigenvalue weighted by atomic mass is 16.5. The zero-order chi connectivity index (χ0) is 10.9. The lowest BCUT2D eigenvalue weighted by atomic mass is 10.0. The van der Waals surface area contributed by atoms with E-state index in [2.05, 4.69) is 39.5 Å². The van der Waals surface area contributed by atoms with Crippen LogP contribution in [0.4, 0.5) is 0 Å². The highest BCUT2D eigenvalue weighted by Gasteiger charge is 2.31. The molecule has 0 spiro atoms. The molecular formula is C11H24N2O. The number of hydrogen-bond donors (Lipinski definition) is 1. The number of nitrogens with two attached hydrogens (primary N) is 1. The van der Waals surface area contributed by atoms with E-state index in [1.54, 1.807) is 0 Å². The van der Waals surface area contributed by atoms with Gasteiger partial charge in [-0.3, -0.25) is 4.90 Å². The van der Waals surface area contributed by atoms with Crippen molar-refractivity contribution in [3.05, 3.63) is 0 Å². The molecule has 14 heavy (non-hydrogen) atoms. The van der Waals surface area contributed by atoms with Crippen molar-refractivity contribution < 1.29 is 4.74 Å². The zero-order valence-corrected chi connectivity index (χ0v) is 10.1. The molecule has 1 fully saturated rings. The summed E-state index contributed by atoms with van der Waals surface area (Å²) in [5, 5.41) is 0. The summed E-state index contributed by atoms with van der Waals surface area (Å²) in [7, 11) is 0. The maximum absolute atomic E-state index is 6.04. The van der Waals surface area contributed by atoms with Crippen molar-refractivity contribution in [2.45, 2.75) is 58.4 Å². The van der Waals surface area contributed by atoms with Crippen LogP contribution in [0.1, 0.15) is 34.6 Å². The largest absolute Gasteiger partial charge is 0.373 e. The van der Waals surface area contributed by atoms with Gasteiger partial charge < -0.3 is 10.5 Å². The van der Waals surface area contributed by atoms with Gasteiger partial charge in [0.2, 0.25) is 0 Å². The molecule has 0 aromatic heterocycles. The van der Waals surface area contributed by atoms with Gasteiger partial charge in [-0.25, -0.2) is 0 Å². The maximum Gasteiger partial charge on any atom is 0.0703 e. The molecule has 3 nitrogen and oxygen atoms in total. The summed E-state index contributed by atoms with van der Waals surface area (Å²) in [5.74, 6) is 0. The molecule has 3 atom stereocenters. The lowest BCUT2D eigenvalue weighted by Crippen LogP contribution is -2.57. The second-order valence-corrected chi connectivity index (χ2v) is 5.31. The summed E-state index contributed by atoms with van der Waals surface area (Å²) < 4.78 is 5.76. The minimum Gasteiger partial charge on any atom is -0.373 e. The number of rotatable bonds is 2. The standard InChI is InChI=1S/C11H24N2O/c1-8-6-13(7-11(4,5)12)9(2)10(3)14-8/h8-10H,6-7,12H2,1-5H3. The average molecular weight is 200 g/mol. The number of morpholine rings is 1. The first-order valence-corrected chi connectivity index (χ1v) is 5.48. The first-order chi connectivity index (χ1) is 6.29. The van der Waals surface area contributed by atoms with Crippen molar-refractivity contribution in [3.63, 3.8) is 0 Å². The molecule has 0 aromatic rings. The molecular weight excluding hydrogens is 176 g/mol. The van der Waals surface area contributed by atoms with E-state index in [-0.39, 0.29) is 5.54 Å². The Morgan fingerprint density at radius 2 is 1.93 bits per heavy atom. The van der Waals surface area contributed by atoms with Crippen LogP contribution in [-0.2, 0) is 4.74 Å². The Morgan fingerprint density at radius 3 is 2.43 bits per heavy atom. The first-order valence-electron chi connectivity index (χ1n) is 5.48. The van der Waals surface area contributed by atoms with Gasteiger partial charge in [0.25, 0.3) is 0 Å². The molecule has 0 saturated carbocycles. The van der Waals surface area contributed by atoms with Gasteiger partial charge in [-0.15, -0.1) is 0 Å². The normalized spacial score (nSPS) is 36.0. The molecule has 0 amide bonds. The highest BCUT2D eigenvalue weighted by molar-refractivity contribution is 4.86. The Morgan fingerprint density at radius 1 is 1.36 bits per heavy atom. The lowest BCUT2D eigenvalue weighted by molar-refractivity contribution is -0.103. The van der Waals surface area contributed by atoms with Crippen molar-refractivity contribution in [2.24, 2.45) is 5.73 Å². The molecule has 1 saturated heterocycles. The Labute approximate surface area is 87.6 Å². The fourth-order valence-electron chi connectivity index (χ4n) is 2.05. The molecule has 3 unspecified atom stereocenters. The fourth-order valence-corrected chi connectivity index (χ4v) is 2.05. The van der Waals surface area contributed by atoms with Gasteiger partial charge in [-0.1, -0.05) is 0 Å². The van der Waals surface area contributed by atoms with Gasteiger partial charge in [0.1, 0.15) is 0 Å². The van der Waals surface area contributed by atoms with Gasteiger partial charge >= 0.3 is 0 Å². The number of ether oxygens (including phenoxy) is 1. The topological polar surface area (TPSA) is 38.5 Å². The van der Waals surface area contributed by atoms with Gasteiger partial charge in [-0.05, 0) is 34.6 Å². The highest BCUT2D eigenvalue weighted by Crippen LogP contribution is 2.19. The lowest BCUT2D eigenvalue weighted by Gasteiger charge is -2.43. The van der Waals surface area contributed by atoms with Crippen LogP contribution in [0.15, 0.2) is 0 Å². The van der Waals surface area contributed by atoms with Gasteiger partial charge in [0.05, 0.1) is 12.2 Å². The predicted molar refractivity (Wildman–Crippen MR) is 59.3 cm³/mol. The summed E-state index contributed by atoms with van der Waals surface area (Å²) in [4.78, 5) is 2.43. The van der Waals surface area contributed by atoms with Crippen molar-refractivity contribution >= 4 is 0 Å². The van der Waals surface area contributed by atoms with Crippen LogP contribution in [0.5, 0.6) is 0 Å². The van der Waals surface area contributed by atoms with E-state index in [1.807, 2.05) is 0 Å². The van der Waals surface area contributed by atoms with Crippen LogP contribution in [0.2, 0.25) is 0 Å². The summed E-state index contributed by atoms with van der Waals surface area (Å²) in [5.41, 5.74) is 5.92. The summed E-state index contributed by atoms with van der Waals surface area (Å²) in [6, 6.07) is 0.467. The molecule has 1 rings (SSSR count). The van der Waals surface area contributed by atoms with E-state index in [0.29, 0.717) is 18.2 Å². The van der Waals surface area contributed by atoms with Gasteiger partial charge in [0, 0.05) is 24.7 Å². The fraction of sp³-hybridized carbons (Fsp3) is 1.00. The second kappa shape index (κ2) is 4.17. The van der Waals surface area contributed by atoms with Gasteiger partial charge in [-0.2, -0.15) is 0 Å². The Bertz CT molecular complexity index is 188. The monoisotopic (exact) mass is 200 g/mol. The van der Waals surface area contributed by atoms with E-state index in [9.17, 15) is 0 Å². The van der Waals surface area contributed by atoms with E-state index in [1.165, 1.54) is 0 Å². The quantitative estimate of drug-likeness (QED) is 0.728. The molecule has 84 valence electrons.